The fourth-order valence-corrected chi connectivity index (χ4v) is 6.13. The first-order valence-electron chi connectivity index (χ1n) is 20.2. The summed E-state index contributed by atoms with van der Waals surface area (Å²) in [5.41, 5.74) is 2.46. The van der Waals surface area contributed by atoms with E-state index in [9.17, 15) is 5.48 Å². The number of hydrogen-bond acceptors (Lipinski definition) is 1. The van der Waals surface area contributed by atoms with Gasteiger partial charge in [0.25, 0.3) is 0 Å². The van der Waals surface area contributed by atoms with E-state index in [1.165, 1.54) is 0 Å². The molecule has 0 saturated carbocycles. The van der Waals surface area contributed by atoms with E-state index < -0.39 is 84.1 Å². The lowest BCUT2D eigenvalue weighted by molar-refractivity contribution is 0.669. The third kappa shape index (κ3) is 3.72. The highest BCUT2D eigenvalue weighted by atomic mass is 16.3. The molecule has 0 aliphatic rings. The van der Waals surface area contributed by atoms with Gasteiger partial charge in [0.15, 0.2) is 0 Å². The van der Waals surface area contributed by atoms with Crippen LogP contribution in [0.5, 0.6) is 0 Å². The van der Waals surface area contributed by atoms with E-state index in [1.54, 1.807) is 18.2 Å². The lowest BCUT2D eigenvalue weighted by atomic mass is 9.85. The topological polar surface area (TPSA) is 13.1 Å². The zero-order chi connectivity index (χ0) is 39.6. The summed E-state index contributed by atoms with van der Waals surface area (Å²) in [6, 6.07) is 16.4. The molecule has 8 aromatic carbocycles. The molecule has 43 heavy (non-hydrogen) atoms. The van der Waals surface area contributed by atoms with Crippen LogP contribution in [0.2, 0.25) is 0 Å². The van der Waals surface area contributed by atoms with E-state index in [4.69, 9.17) is 16.8 Å². The van der Waals surface area contributed by atoms with Crippen LogP contribution in [-0.4, -0.2) is 0 Å². The zero-order valence-electron chi connectivity index (χ0n) is 35.4. The summed E-state index contributed by atoms with van der Waals surface area (Å²) in [6.45, 7) is 0. The Balaban J connectivity index is 1.47. The molecule has 0 unspecified atom stereocenters. The van der Waals surface area contributed by atoms with Crippen molar-refractivity contribution in [1.29, 1.82) is 0 Å². The Kier molecular flexibility index (Phi) is 3.18. The SMILES string of the molecule is [2H]c1c([2H])c([2H])c(-c2c3c([2H])c([2H])c([2H])c([2H])c3c(-c3cccc(-c4cccc5oc6cc7ccccc7cc6c45)c3)c3c([2H])c([2H])c([2H])c([2H])c23)c([2H])c1[2H]. The molecule has 0 aliphatic heterocycles. The molecule has 0 radical (unpaired) electrons. The normalized spacial score (nSPS) is 16.0. The number of fused-ring (bicyclic) bond motifs is 6. The quantitative estimate of drug-likeness (QED) is 0.196. The first kappa shape index (κ1) is 14.5. The summed E-state index contributed by atoms with van der Waals surface area (Å²) in [7, 11) is 0. The van der Waals surface area contributed by atoms with Crippen LogP contribution in [0.1, 0.15) is 17.8 Å². The smallest absolute Gasteiger partial charge is 0.136 e. The molecule has 0 fully saturated rings. The van der Waals surface area contributed by atoms with Crippen molar-refractivity contribution in [3.05, 3.63) is 157 Å². The Hall–Kier alpha value is -5.66. The van der Waals surface area contributed by atoms with Gasteiger partial charge in [-0.2, -0.15) is 0 Å². The molecule has 9 aromatic rings. The summed E-state index contributed by atoms with van der Waals surface area (Å²) in [4.78, 5) is 0. The van der Waals surface area contributed by atoms with Gasteiger partial charge in [-0.25, -0.2) is 0 Å². The molecule has 0 N–H and O–H groups in total. The third-order valence-electron chi connectivity index (χ3n) is 7.95. The van der Waals surface area contributed by atoms with Gasteiger partial charge in [-0.3, -0.25) is 0 Å². The summed E-state index contributed by atoms with van der Waals surface area (Å²) in [6.07, 6.45) is 0. The molecule has 1 heteroatoms. The van der Waals surface area contributed by atoms with E-state index in [0.717, 1.165) is 27.1 Å². The van der Waals surface area contributed by atoms with Gasteiger partial charge in [-0.15, -0.1) is 0 Å². The molecule has 0 amide bonds. The number of hydrogen-bond donors (Lipinski definition) is 0. The predicted molar refractivity (Wildman–Crippen MR) is 183 cm³/mol. The maximum absolute atomic E-state index is 9.26. The largest absolute Gasteiger partial charge is 0.456 e. The van der Waals surface area contributed by atoms with Gasteiger partial charge in [0.05, 0.1) is 17.8 Å². The second kappa shape index (κ2) is 9.44. The second-order valence-corrected chi connectivity index (χ2v) is 10.3. The van der Waals surface area contributed by atoms with Crippen molar-refractivity contribution in [3.63, 3.8) is 0 Å². The number of rotatable bonds is 3. The molecular formula is C42H26O. The molecule has 0 spiro atoms. The standard InChI is InChI=1S/C42H26O/c1-2-12-27(13-3-1)40-33-18-6-8-20-35(33)41(36-21-9-7-19-34(36)40)31-17-10-16-30(24-31)32-22-11-23-38-42(32)37-25-28-14-4-5-15-29(28)26-39(37)43-38/h1-26H/i1D,2D,3D,6D,7D,8D,9D,12D,13D,18D,19D,20D,21D. The minimum atomic E-state index is -0.713. The Morgan fingerprint density at radius 2 is 1.00 bits per heavy atom. The van der Waals surface area contributed by atoms with Crippen molar-refractivity contribution >= 4 is 54.3 Å². The second-order valence-electron chi connectivity index (χ2n) is 10.3. The van der Waals surface area contributed by atoms with Gasteiger partial charge in [0, 0.05) is 10.8 Å². The molecule has 0 aliphatic carbocycles. The zero-order valence-corrected chi connectivity index (χ0v) is 22.4. The maximum atomic E-state index is 9.26. The molecule has 1 heterocycles. The summed E-state index contributed by atoms with van der Waals surface area (Å²) in [5.74, 6) is 0. The van der Waals surface area contributed by atoms with Crippen LogP contribution in [0.25, 0.3) is 87.6 Å². The monoisotopic (exact) mass is 559 g/mol. The van der Waals surface area contributed by atoms with E-state index in [2.05, 4.69) is 6.07 Å². The van der Waals surface area contributed by atoms with Gasteiger partial charge in [0.2, 0.25) is 0 Å². The minimum absolute atomic E-state index is 0.0715. The van der Waals surface area contributed by atoms with E-state index in [1.807, 2.05) is 54.6 Å². The Morgan fingerprint density at radius 1 is 0.419 bits per heavy atom. The minimum Gasteiger partial charge on any atom is -0.456 e. The molecule has 9 rings (SSSR count). The fraction of sp³-hybridized carbons (Fsp3) is 0. The van der Waals surface area contributed by atoms with Gasteiger partial charge < -0.3 is 4.42 Å². The molecule has 1 nitrogen and oxygen atoms in total. The van der Waals surface area contributed by atoms with Crippen LogP contribution in [0.3, 0.4) is 0 Å². The Bertz CT molecular complexity index is 3130. The molecular weight excluding hydrogens is 520 g/mol. The molecule has 1 aromatic heterocycles. The lowest BCUT2D eigenvalue weighted by Gasteiger charge is -2.18. The lowest BCUT2D eigenvalue weighted by Crippen LogP contribution is -1.91. The van der Waals surface area contributed by atoms with Crippen LogP contribution in [0.4, 0.5) is 0 Å². The molecule has 0 atom stereocenters. The highest BCUT2D eigenvalue weighted by Crippen LogP contribution is 2.45. The first-order valence-corrected chi connectivity index (χ1v) is 13.7. The molecule has 0 saturated heterocycles. The van der Waals surface area contributed by atoms with Gasteiger partial charge in [0.1, 0.15) is 11.2 Å². The third-order valence-corrected chi connectivity index (χ3v) is 7.95. The predicted octanol–water partition coefficient (Wildman–Crippen LogP) is 12.0. The van der Waals surface area contributed by atoms with Crippen molar-refractivity contribution in [2.45, 2.75) is 0 Å². The van der Waals surface area contributed by atoms with Crippen LogP contribution in [-0.2, 0) is 0 Å². The number of benzene rings is 8. The van der Waals surface area contributed by atoms with E-state index >= 15 is 0 Å². The highest BCUT2D eigenvalue weighted by Gasteiger charge is 2.18. The maximum Gasteiger partial charge on any atom is 0.136 e. The molecule has 0 bridgehead atoms. The average Bonchev–Trinajstić information content (AvgIpc) is 3.57. The van der Waals surface area contributed by atoms with Crippen molar-refractivity contribution in [3.8, 4) is 33.4 Å². The number of furan rings is 1. The van der Waals surface area contributed by atoms with Crippen molar-refractivity contribution in [1.82, 2.24) is 0 Å². The van der Waals surface area contributed by atoms with Gasteiger partial charge >= 0.3 is 0 Å². The van der Waals surface area contributed by atoms with Crippen LogP contribution in [0.15, 0.2) is 162 Å². The van der Waals surface area contributed by atoms with Crippen LogP contribution in [0, 0.1) is 0 Å². The average molecular weight is 560 g/mol. The van der Waals surface area contributed by atoms with Crippen LogP contribution >= 0.6 is 0 Å². The fourth-order valence-electron chi connectivity index (χ4n) is 6.13. The van der Waals surface area contributed by atoms with E-state index in [0.29, 0.717) is 22.3 Å². The Morgan fingerprint density at radius 3 is 1.70 bits per heavy atom. The van der Waals surface area contributed by atoms with Crippen molar-refractivity contribution in [2.75, 3.05) is 0 Å². The Labute approximate surface area is 267 Å². The summed E-state index contributed by atoms with van der Waals surface area (Å²) >= 11 is 0. The van der Waals surface area contributed by atoms with Crippen LogP contribution < -0.4 is 0 Å². The van der Waals surface area contributed by atoms with Crippen molar-refractivity contribution < 1.29 is 22.2 Å². The summed E-state index contributed by atoms with van der Waals surface area (Å²) in [5, 5.41) is 2.98. The van der Waals surface area contributed by atoms with Gasteiger partial charge in [-0.05, 0) is 90.0 Å². The first-order chi connectivity index (χ1) is 26.7. The summed E-state index contributed by atoms with van der Waals surface area (Å²) < 4.78 is 121. The van der Waals surface area contributed by atoms with Gasteiger partial charge in [-0.1, -0.05) is 133 Å². The highest BCUT2D eigenvalue weighted by molar-refractivity contribution is 6.22. The molecule has 200 valence electrons. The van der Waals surface area contributed by atoms with Crippen molar-refractivity contribution in [2.24, 2.45) is 0 Å². The van der Waals surface area contributed by atoms with E-state index in [-0.39, 0.29) is 32.7 Å².